The summed E-state index contributed by atoms with van der Waals surface area (Å²) in [4.78, 5) is 13.8. The fraction of sp³-hybridized carbons (Fsp3) is 0.533. The van der Waals surface area contributed by atoms with Crippen LogP contribution in [0.3, 0.4) is 0 Å². The Morgan fingerprint density at radius 1 is 1.37 bits per heavy atom. The average molecular weight is 263 g/mol. The first-order valence-electron chi connectivity index (χ1n) is 6.80. The Labute approximate surface area is 113 Å². The first-order valence-corrected chi connectivity index (χ1v) is 6.80. The van der Waals surface area contributed by atoms with Gasteiger partial charge in [-0.2, -0.15) is 0 Å². The molecule has 2 rings (SSSR count). The van der Waals surface area contributed by atoms with E-state index in [4.69, 9.17) is 0 Å². The van der Waals surface area contributed by atoms with Crippen LogP contribution in [0.4, 0.5) is 0 Å². The molecule has 1 aliphatic carbocycles. The van der Waals surface area contributed by atoms with Gasteiger partial charge in [-0.3, -0.25) is 4.79 Å². The number of aromatic hydroxyl groups is 1. The number of nitrogens with zero attached hydrogens (tertiary/aromatic N) is 1. The van der Waals surface area contributed by atoms with Crippen LogP contribution in [-0.4, -0.2) is 40.7 Å². The van der Waals surface area contributed by atoms with Crippen molar-refractivity contribution < 1.29 is 15.0 Å². The zero-order chi connectivity index (χ0) is 13.8. The van der Waals surface area contributed by atoms with E-state index >= 15 is 0 Å². The molecule has 19 heavy (non-hydrogen) atoms. The minimum Gasteiger partial charge on any atom is -0.508 e. The van der Waals surface area contributed by atoms with Crippen molar-refractivity contribution in [2.75, 3.05) is 13.6 Å². The van der Waals surface area contributed by atoms with Gasteiger partial charge in [0, 0.05) is 25.1 Å². The van der Waals surface area contributed by atoms with Crippen molar-refractivity contribution in [1.29, 1.82) is 0 Å². The number of benzene rings is 1. The minimum atomic E-state index is -0.298. The summed E-state index contributed by atoms with van der Waals surface area (Å²) in [6, 6.07) is 6.36. The van der Waals surface area contributed by atoms with Crippen molar-refractivity contribution in [1.82, 2.24) is 4.90 Å². The Morgan fingerprint density at radius 2 is 2.11 bits per heavy atom. The molecular weight excluding hydrogens is 242 g/mol. The lowest BCUT2D eigenvalue weighted by atomic mass is 9.86. The summed E-state index contributed by atoms with van der Waals surface area (Å²) in [7, 11) is 1.74. The molecule has 0 heterocycles. The van der Waals surface area contributed by atoms with Crippen LogP contribution in [0.15, 0.2) is 24.3 Å². The molecule has 0 aliphatic heterocycles. The number of phenols is 1. The number of carbonyl (C=O) groups excluding carboxylic acids is 1. The van der Waals surface area contributed by atoms with Gasteiger partial charge < -0.3 is 15.1 Å². The predicted octanol–water partition coefficient (Wildman–Crippen LogP) is 2.02. The molecule has 1 aromatic rings. The van der Waals surface area contributed by atoms with E-state index in [0.717, 1.165) is 25.7 Å². The smallest absolute Gasteiger partial charge is 0.253 e. The van der Waals surface area contributed by atoms with Gasteiger partial charge in [0.05, 0.1) is 6.10 Å². The lowest BCUT2D eigenvalue weighted by Gasteiger charge is -2.31. The average Bonchev–Trinajstić information content (AvgIpc) is 2.40. The van der Waals surface area contributed by atoms with E-state index in [1.54, 1.807) is 30.1 Å². The molecule has 1 aliphatic rings. The van der Waals surface area contributed by atoms with Crippen LogP contribution in [0.5, 0.6) is 5.75 Å². The van der Waals surface area contributed by atoms with Crippen LogP contribution >= 0.6 is 0 Å². The van der Waals surface area contributed by atoms with Crippen LogP contribution in [0.1, 0.15) is 36.0 Å². The van der Waals surface area contributed by atoms with Crippen LogP contribution in [-0.2, 0) is 0 Å². The Bertz CT molecular complexity index is 447. The largest absolute Gasteiger partial charge is 0.508 e. The maximum absolute atomic E-state index is 12.2. The van der Waals surface area contributed by atoms with Gasteiger partial charge in [0.2, 0.25) is 0 Å². The summed E-state index contributed by atoms with van der Waals surface area (Å²) >= 11 is 0. The van der Waals surface area contributed by atoms with Gasteiger partial charge >= 0.3 is 0 Å². The number of rotatable bonds is 3. The number of hydrogen-bond donors (Lipinski definition) is 2. The van der Waals surface area contributed by atoms with Gasteiger partial charge in [-0.15, -0.1) is 0 Å². The second kappa shape index (κ2) is 6.06. The van der Waals surface area contributed by atoms with Gasteiger partial charge in [0.25, 0.3) is 5.91 Å². The van der Waals surface area contributed by atoms with E-state index < -0.39 is 0 Å². The summed E-state index contributed by atoms with van der Waals surface area (Å²) in [6.07, 6.45) is 3.70. The van der Waals surface area contributed by atoms with Crippen LogP contribution in [0.2, 0.25) is 0 Å². The van der Waals surface area contributed by atoms with Gasteiger partial charge in [-0.1, -0.05) is 18.9 Å². The van der Waals surface area contributed by atoms with Gasteiger partial charge in [-0.25, -0.2) is 0 Å². The van der Waals surface area contributed by atoms with Crippen molar-refractivity contribution in [3.8, 4) is 5.75 Å². The molecule has 1 saturated carbocycles. The summed E-state index contributed by atoms with van der Waals surface area (Å²) in [5.41, 5.74) is 0.479. The lowest BCUT2D eigenvalue weighted by Crippen LogP contribution is -2.38. The molecule has 0 bridgehead atoms. The summed E-state index contributed by atoms with van der Waals surface area (Å²) in [5, 5.41) is 19.3. The molecule has 0 spiro atoms. The fourth-order valence-corrected chi connectivity index (χ4v) is 2.70. The standard InChI is InChI=1S/C15H21NO3/c1-16(10-12-5-2-3-8-14(12)18)15(19)11-6-4-7-13(17)9-11/h4,6-7,9,12,14,17-18H,2-3,5,8,10H2,1H3. The second-order valence-corrected chi connectivity index (χ2v) is 5.35. The molecule has 0 aromatic heterocycles. The molecule has 4 nitrogen and oxygen atoms in total. The highest BCUT2D eigenvalue weighted by atomic mass is 16.3. The normalized spacial score (nSPS) is 23.1. The summed E-state index contributed by atoms with van der Waals surface area (Å²) in [5.74, 6) is 0.144. The maximum Gasteiger partial charge on any atom is 0.253 e. The maximum atomic E-state index is 12.2. The van der Waals surface area contributed by atoms with E-state index in [1.165, 1.54) is 6.07 Å². The molecule has 1 amide bonds. The Balaban J connectivity index is 1.99. The third kappa shape index (κ3) is 3.47. The Morgan fingerprint density at radius 3 is 2.79 bits per heavy atom. The Hall–Kier alpha value is -1.55. The number of carbonyl (C=O) groups is 1. The SMILES string of the molecule is CN(CC1CCCCC1O)C(=O)c1cccc(O)c1. The zero-order valence-corrected chi connectivity index (χ0v) is 11.2. The summed E-state index contributed by atoms with van der Waals surface area (Å²) in [6.45, 7) is 0.565. The van der Waals surface area contributed by atoms with Crippen LogP contribution < -0.4 is 0 Å². The number of phenolic OH excluding ortho intramolecular Hbond substituents is 1. The van der Waals surface area contributed by atoms with E-state index in [9.17, 15) is 15.0 Å². The number of aliphatic hydroxyl groups is 1. The highest BCUT2D eigenvalue weighted by Gasteiger charge is 2.25. The third-order valence-electron chi connectivity index (χ3n) is 3.82. The quantitative estimate of drug-likeness (QED) is 0.877. The van der Waals surface area contributed by atoms with E-state index in [2.05, 4.69) is 0 Å². The third-order valence-corrected chi connectivity index (χ3v) is 3.82. The number of aliphatic hydroxyl groups excluding tert-OH is 1. The van der Waals surface area contributed by atoms with E-state index in [1.807, 2.05) is 0 Å². The van der Waals surface area contributed by atoms with Crippen LogP contribution in [0.25, 0.3) is 0 Å². The fourth-order valence-electron chi connectivity index (χ4n) is 2.70. The number of hydrogen-bond acceptors (Lipinski definition) is 3. The topological polar surface area (TPSA) is 60.8 Å². The van der Waals surface area contributed by atoms with Gasteiger partial charge in [-0.05, 0) is 31.0 Å². The van der Waals surface area contributed by atoms with Crippen molar-refractivity contribution in [2.45, 2.75) is 31.8 Å². The molecule has 0 radical (unpaired) electrons. The molecule has 4 heteroatoms. The Kier molecular flexibility index (Phi) is 4.43. The van der Waals surface area contributed by atoms with Gasteiger partial charge in [0.1, 0.15) is 5.75 Å². The molecule has 0 saturated heterocycles. The molecular formula is C15H21NO3. The molecule has 1 aromatic carbocycles. The van der Waals surface area contributed by atoms with Crippen molar-refractivity contribution >= 4 is 5.91 Å². The van der Waals surface area contributed by atoms with Crippen molar-refractivity contribution in [2.24, 2.45) is 5.92 Å². The first kappa shape index (κ1) is 13.9. The highest BCUT2D eigenvalue weighted by Crippen LogP contribution is 2.25. The highest BCUT2D eigenvalue weighted by molar-refractivity contribution is 5.94. The van der Waals surface area contributed by atoms with Crippen molar-refractivity contribution in [3.05, 3.63) is 29.8 Å². The van der Waals surface area contributed by atoms with E-state index in [0.29, 0.717) is 12.1 Å². The molecule has 1 fully saturated rings. The molecule has 2 atom stereocenters. The van der Waals surface area contributed by atoms with Gasteiger partial charge in [0.15, 0.2) is 0 Å². The minimum absolute atomic E-state index is 0.0944. The zero-order valence-electron chi connectivity index (χ0n) is 11.2. The molecule has 104 valence electrons. The second-order valence-electron chi connectivity index (χ2n) is 5.35. The van der Waals surface area contributed by atoms with Crippen LogP contribution in [0, 0.1) is 5.92 Å². The lowest BCUT2D eigenvalue weighted by molar-refractivity contribution is 0.0451. The van der Waals surface area contributed by atoms with E-state index in [-0.39, 0.29) is 23.7 Å². The number of amides is 1. The van der Waals surface area contributed by atoms with Crippen molar-refractivity contribution in [3.63, 3.8) is 0 Å². The first-order chi connectivity index (χ1) is 9.08. The molecule has 2 N–H and O–H groups in total. The molecule has 2 unspecified atom stereocenters. The summed E-state index contributed by atoms with van der Waals surface area (Å²) < 4.78 is 0. The monoisotopic (exact) mass is 263 g/mol. The predicted molar refractivity (Wildman–Crippen MR) is 73.0 cm³/mol.